The molecule has 0 heterocycles. The van der Waals surface area contributed by atoms with Gasteiger partial charge in [0, 0.05) is 0 Å². The summed E-state index contributed by atoms with van der Waals surface area (Å²) >= 11 is 0. The quantitative estimate of drug-likeness (QED) is 0.641. The highest BCUT2D eigenvalue weighted by atomic mass is 16.6. The standard InChI is InChI=1S/C15H18BNO/c1-16(18-17)15-11-9-14(10-12-15)8-7-13-5-3-2-4-6-13/h2-6,9-12H,7-8,17H2,1H3. The van der Waals surface area contributed by atoms with E-state index in [9.17, 15) is 0 Å². The molecule has 0 aliphatic carbocycles. The van der Waals surface area contributed by atoms with Gasteiger partial charge in [-0.1, -0.05) is 61.4 Å². The third kappa shape index (κ3) is 3.46. The van der Waals surface area contributed by atoms with Crippen molar-refractivity contribution in [3.05, 3.63) is 65.7 Å². The molecule has 0 saturated heterocycles. The molecule has 0 amide bonds. The lowest BCUT2D eigenvalue weighted by Crippen LogP contribution is -2.32. The van der Waals surface area contributed by atoms with Crippen LogP contribution < -0.4 is 11.4 Å². The molecule has 0 aliphatic rings. The van der Waals surface area contributed by atoms with Crippen molar-refractivity contribution < 1.29 is 4.76 Å². The molecular formula is C15H18BNO. The van der Waals surface area contributed by atoms with Crippen LogP contribution in [0.4, 0.5) is 0 Å². The van der Waals surface area contributed by atoms with Gasteiger partial charge in [0.25, 0.3) is 0 Å². The minimum Gasteiger partial charge on any atom is -0.360 e. The van der Waals surface area contributed by atoms with Crippen LogP contribution in [0.5, 0.6) is 0 Å². The molecular weight excluding hydrogens is 221 g/mol. The summed E-state index contributed by atoms with van der Waals surface area (Å²) < 4.78 is 4.81. The molecule has 0 aliphatic heterocycles. The molecule has 0 spiro atoms. The van der Waals surface area contributed by atoms with E-state index in [1.54, 1.807) is 0 Å². The zero-order valence-electron chi connectivity index (χ0n) is 10.7. The summed E-state index contributed by atoms with van der Waals surface area (Å²) in [6, 6.07) is 19.0. The van der Waals surface area contributed by atoms with E-state index in [4.69, 9.17) is 10.7 Å². The van der Waals surface area contributed by atoms with Gasteiger partial charge in [0.05, 0.1) is 0 Å². The number of hydrogen-bond donors (Lipinski definition) is 1. The lowest BCUT2D eigenvalue weighted by molar-refractivity contribution is 0.348. The van der Waals surface area contributed by atoms with Gasteiger partial charge in [0.15, 0.2) is 0 Å². The molecule has 18 heavy (non-hydrogen) atoms. The minimum atomic E-state index is -0.0480. The molecule has 0 bridgehead atoms. The summed E-state index contributed by atoms with van der Waals surface area (Å²) in [6.45, 7) is 1.90. The Morgan fingerprint density at radius 3 is 2.00 bits per heavy atom. The normalized spacial score (nSPS) is 10.3. The van der Waals surface area contributed by atoms with Gasteiger partial charge in [-0.05, 0) is 29.4 Å². The molecule has 2 aromatic carbocycles. The number of aryl methyl sites for hydroxylation is 2. The van der Waals surface area contributed by atoms with Gasteiger partial charge in [-0.2, -0.15) is 0 Å². The Bertz CT molecular complexity index is 470. The van der Waals surface area contributed by atoms with Gasteiger partial charge in [-0.25, -0.2) is 5.90 Å². The Hall–Kier alpha value is -1.58. The molecule has 0 atom stereocenters. The highest BCUT2D eigenvalue weighted by Gasteiger charge is 2.09. The molecule has 2 rings (SSSR count). The molecule has 0 unspecified atom stereocenters. The van der Waals surface area contributed by atoms with Crippen LogP contribution in [0.25, 0.3) is 0 Å². The summed E-state index contributed by atoms with van der Waals surface area (Å²) in [4.78, 5) is 0. The van der Waals surface area contributed by atoms with E-state index < -0.39 is 0 Å². The number of rotatable bonds is 5. The van der Waals surface area contributed by atoms with Crippen molar-refractivity contribution in [1.82, 2.24) is 0 Å². The number of benzene rings is 2. The van der Waals surface area contributed by atoms with Crippen molar-refractivity contribution in [3.8, 4) is 0 Å². The zero-order chi connectivity index (χ0) is 12.8. The van der Waals surface area contributed by atoms with Crippen molar-refractivity contribution in [2.45, 2.75) is 19.7 Å². The van der Waals surface area contributed by atoms with Crippen molar-refractivity contribution >= 4 is 12.4 Å². The first-order valence-corrected chi connectivity index (χ1v) is 6.28. The second kappa shape index (κ2) is 6.38. The smallest absolute Gasteiger partial charge is 0.350 e. The fourth-order valence-corrected chi connectivity index (χ4v) is 1.97. The van der Waals surface area contributed by atoms with Crippen LogP contribution in [0.2, 0.25) is 6.82 Å². The maximum absolute atomic E-state index is 5.18. The molecule has 92 valence electrons. The number of hydrogen-bond acceptors (Lipinski definition) is 2. The maximum Gasteiger partial charge on any atom is 0.350 e. The van der Waals surface area contributed by atoms with Crippen LogP contribution in [0.3, 0.4) is 0 Å². The van der Waals surface area contributed by atoms with Crippen LogP contribution in [0, 0.1) is 0 Å². The molecule has 2 aromatic rings. The lowest BCUT2D eigenvalue weighted by Gasteiger charge is -2.07. The van der Waals surface area contributed by atoms with Crippen molar-refractivity contribution in [2.24, 2.45) is 5.90 Å². The van der Waals surface area contributed by atoms with Crippen molar-refractivity contribution in [3.63, 3.8) is 0 Å². The Morgan fingerprint density at radius 2 is 1.44 bits per heavy atom. The molecule has 0 aromatic heterocycles. The predicted molar refractivity (Wildman–Crippen MR) is 76.8 cm³/mol. The van der Waals surface area contributed by atoms with E-state index in [0.29, 0.717) is 0 Å². The summed E-state index contributed by atoms with van der Waals surface area (Å²) in [5.74, 6) is 5.18. The average molecular weight is 239 g/mol. The zero-order valence-corrected chi connectivity index (χ0v) is 10.7. The van der Waals surface area contributed by atoms with Crippen molar-refractivity contribution in [2.75, 3.05) is 0 Å². The topological polar surface area (TPSA) is 35.2 Å². The fourth-order valence-electron chi connectivity index (χ4n) is 1.97. The van der Waals surface area contributed by atoms with E-state index in [0.717, 1.165) is 18.3 Å². The molecule has 0 saturated carbocycles. The van der Waals surface area contributed by atoms with E-state index in [1.807, 2.05) is 12.9 Å². The van der Waals surface area contributed by atoms with E-state index in [1.165, 1.54) is 11.1 Å². The summed E-state index contributed by atoms with van der Waals surface area (Å²) in [5.41, 5.74) is 3.83. The van der Waals surface area contributed by atoms with E-state index >= 15 is 0 Å². The summed E-state index contributed by atoms with van der Waals surface area (Å²) in [7, 11) is 0. The van der Waals surface area contributed by atoms with Crippen LogP contribution >= 0.6 is 0 Å². The van der Waals surface area contributed by atoms with Gasteiger partial charge in [-0.3, -0.25) is 0 Å². The SMILES string of the molecule is CB(ON)c1ccc(CCc2ccccc2)cc1. The third-order valence-corrected chi connectivity index (χ3v) is 3.20. The second-order valence-corrected chi connectivity index (χ2v) is 4.51. The van der Waals surface area contributed by atoms with Gasteiger partial charge in [-0.15, -0.1) is 0 Å². The minimum absolute atomic E-state index is 0.0480. The highest BCUT2D eigenvalue weighted by molar-refractivity contribution is 6.65. The summed E-state index contributed by atoms with van der Waals surface area (Å²) in [5, 5.41) is 0. The first kappa shape index (κ1) is 12.9. The Morgan fingerprint density at radius 1 is 0.889 bits per heavy atom. The van der Waals surface area contributed by atoms with Crippen molar-refractivity contribution in [1.29, 1.82) is 0 Å². The Kier molecular flexibility index (Phi) is 4.56. The maximum atomic E-state index is 5.18. The van der Waals surface area contributed by atoms with Gasteiger partial charge in [0.2, 0.25) is 0 Å². The average Bonchev–Trinajstić information content (AvgIpc) is 2.46. The highest BCUT2D eigenvalue weighted by Crippen LogP contribution is 2.06. The van der Waals surface area contributed by atoms with Crippen LogP contribution in [0.1, 0.15) is 11.1 Å². The molecule has 0 fully saturated rings. The van der Waals surface area contributed by atoms with Gasteiger partial charge in [0.1, 0.15) is 0 Å². The van der Waals surface area contributed by atoms with E-state index in [2.05, 4.69) is 48.5 Å². The number of nitrogens with two attached hydrogens (primary N) is 1. The molecule has 2 nitrogen and oxygen atoms in total. The second-order valence-electron chi connectivity index (χ2n) is 4.51. The lowest BCUT2D eigenvalue weighted by atomic mass is 9.64. The van der Waals surface area contributed by atoms with Gasteiger partial charge < -0.3 is 4.76 Å². The van der Waals surface area contributed by atoms with E-state index in [-0.39, 0.29) is 6.92 Å². The Balaban J connectivity index is 1.94. The largest absolute Gasteiger partial charge is 0.360 e. The summed E-state index contributed by atoms with van der Waals surface area (Å²) in [6.07, 6.45) is 2.13. The predicted octanol–water partition coefficient (Wildman–Crippen LogP) is 2.19. The Labute approximate surface area is 109 Å². The molecule has 3 heteroatoms. The van der Waals surface area contributed by atoms with Crippen LogP contribution in [0.15, 0.2) is 54.6 Å². The van der Waals surface area contributed by atoms with Crippen LogP contribution in [-0.4, -0.2) is 6.92 Å². The van der Waals surface area contributed by atoms with Crippen LogP contribution in [-0.2, 0) is 17.6 Å². The molecule has 0 radical (unpaired) electrons. The van der Waals surface area contributed by atoms with Gasteiger partial charge >= 0.3 is 6.92 Å². The third-order valence-electron chi connectivity index (χ3n) is 3.20. The first-order chi connectivity index (χ1) is 8.79. The first-order valence-electron chi connectivity index (χ1n) is 6.28. The molecule has 2 N–H and O–H groups in total. The monoisotopic (exact) mass is 239 g/mol. The fraction of sp³-hybridized carbons (Fsp3) is 0.200.